The van der Waals surface area contributed by atoms with Crippen molar-refractivity contribution in [3.8, 4) is 16.9 Å². The first-order chi connectivity index (χ1) is 15.8. The van der Waals surface area contributed by atoms with Crippen LogP contribution >= 0.6 is 0 Å². The van der Waals surface area contributed by atoms with E-state index in [1.165, 1.54) is 35.5 Å². The summed E-state index contributed by atoms with van der Waals surface area (Å²) in [7, 11) is -4.00. The molecule has 2 atom stereocenters. The molecule has 1 fully saturated rings. The molecule has 0 bridgehead atoms. The number of halogens is 3. The molecule has 0 saturated carbocycles. The van der Waals surface area contributed by atoms with Gasteiger partial charge in [0.05, 0.1) is 5.41 Å². The van der Waals surface area contributed by atoms with Gasteiger partial charge in [-0.1, -0.05) is 29.8 Å². The highest BCUT2D eigenvalue weighted by Gasteiger charge is 2.56. The molecule has 2 aromatic rings. The minimum Gasteiger partial charge on any atom is -0.481 e. The molecule has 1 heterocycles. The summed E-state index contributed by atoms with van der Waals surface area (Å²) in [4.78, 5) is 12.4. The van der Waals surface area contributed by atoms with Crippen molar-refractivity contribution < 1.29 is 36.2 Å². The summed E-state index contributed by atoms with van der Waals surface area (Å²) in [6, 6.07) is 8.76. The van der Waals surface area contributed by atoms with E-state index in [-0.39, 0.29) is 25.3 Å². The quantitative estimate of drug-likeness (QED) is 0.656. The smallest absolute Gasteiger partial charge is 0.481 e. The van der Waals surface area contributed by atoms with Crippen LogP contribution in [0.5, 0.6) is 5.75 Å². The first kappa shape index (κ1) is 24.5. The van der Waals surface area contributed by atoms with Crippen LogP contribution in [-0.4, -0.2) is 56.3 Å². The number of ether oxygens (including phenoxy) is 1. The van der Waals surface area contributed by atoms with Crippen molar-refractivity contribution in [1.29, 1.82) is 0 Å². The van der Waals surface area contributed by atoms with Crippen LogP contribution in [0.15, 0.2) is 36.4 Å². The number of hydrogen-bond donors (Lipinski definition) is 2. The van der Waals surface area contributed by atoms with Crippen LogP contribution in [0.25, 0.3) is 11.1 Å². The largest absolute Gasteiger partial charge is 0.573 e. The maximum absolute atomic E-state index is 13.7. The van der Waals surface area contributed by atoms with Gasteiger partial charge in [0.15, 0.2) is 0 Å². The molecular weight excluding hydrogens is 473 g/mol. The van der Waals surface area contributed by atoms with E-state index in [1.807, 2.05) is 0 Å². The zero-order valence-corrected chi connectivity index (χ0v) is 19.5. The highest BCUT2D eigenvalue weighted by molar-refractivity contribution is 7.89. The third-order valence-electron chi connectivity index (χ3n) is 6.46. The summed E-state index contributed by atoms with van der Waals surface area (Å²) in [6.07, 6.45) is -4.84. The van der Waals surface area contributed by atoms with Gasteiger partial charge in [0.2, 0.25) is 10.0 Å². The van der Waals surface area contributed by atoms with Crippen LogP contribution in [0, 0.1) is 12.3 Å². The molecule has 0 radical (unpaired) electrons. The Balaban J connectivity index is 1.83. The Morgan fingerprint density at radius 2 is 1.79 bits per heavy atom. The van der Waals surface area contributed by atoms with E-state index in [2.05, 4.69) is 10.1 Å². The highest BCUT2D eigenvalue weighted by Crippen LogP contribution is 2.54. The van der Waals surface area contributed by atoms with Gasteiger partial charge in [-0.15, -0.1) is 13.2 Å². The molecule has 2 unspecified atom stereocenters. The van der Waals surface area contributed by atoms with E-state index in [9.17, 15) is 31.5 Å². The fourth-order valence-electron chi connectivity index (χ4n) is 4.90. The maximum Gasteiger partial charge on any atom is 0.573 e. The topological polar surface area (TPSA) is 95.9 Å². The molecule has 7 nitrogen and oxygen atoms in total. The van der Waals surface area contributed by atoms with Crippen molar-refractivity contribution in [2.24, 2.45) is 5.41 Å². The molecular formula is C23H25F3N2O5S. The molecule has 0 aromatic heterocycles. The van der Waals surface area contributed by atoms with E-state index in [4.69, 9.17) is 0 Å². The standard InChI is InChI=1S/C23H25F3N2O5S/c1-14-11-17(15-3-5-16(6-4-15)33-23(24,25)26)19-13-22(2,21(29)30)20(18(19)12-14)34(31,32)28-9-7-27-8-10-28/h3-6,11-12,20,27H,7-10,13H2,1-2H3,(H,29,30). The number of aliphatic carboxylic acids is 1. The number of aryl methyl sites for hydroxylation is 1. The average molecular weight is 499 g/mol. The van der Waals surface area contributed by atoms with Crippen LogP contribution in [0.3, 0.4) is 0 Å². The van der Waals surface area contributed by atoms with Crippen molar-refractivity contribution in [3.63, 3.8) is 0 Å². The Bertz CT molecular complexity index is 1210. The molecule has 184 valence electrons. The van der Waals surface area contributed by atoms with Gasteiger partial charge in [-0.25, -0.2) is 8.42 Å². The predicted molar refractivity (Wildman–Crippen MR) is 119 cm³/mol. The lowest BCUT2D eigenvalue weighted by atomic mass is 9.86. The van der Waals surface area contributed by atoms with Gasteiger partial charge in [0.25, 0.3) is 0 Å². The summed E-state index contributed by atoms with van der Waals surface area (Å²) in [6.45, 7) is 4.68. The van der Waals surface area contributed by atoms with Gasteiger partial charge in [0, 0.05) is 26.2 Å². The number of sulfonamides is 1. The molecule has 2 N–H and O–H groups in total. The van der Waals surface area contributed by atoms with Gasteiger partial charge in [0.1, 0.15) is 11.0 Å². The molecule has 0 spiro atoms. The average Bonchev–Trinajstić information content (AvgIpc) is 3.07. The number of benzene rings is 2. The van der Waals surface area contributed by atoms with E-state index >= 15 is 0 Å². The van der Waals surface area contributed by atoms with E-state index < -0.39 is 33.0 Å². The first-order valence-electron chi connectivity index (χ1n) is 10.8. The number of hydrogen-bond acceptors (Lipinski definition) is 5. The van der Waals surface area contributed by atoms with Gasteiger partial charge in [-0.3, -0.25) is 4.79 Å². The summed E-state index contributed by atoms with van der Waals surface area (Å²) >= 11 is 0. The van der Waals surface area contributed by atoms with Crippen molar-refractivity contribution >= 4 is 16.0 Å². The van der Waals surface area contributed by atoms with E-state index in [1.54, 1.807) is 19.1 Å². The summed E-state index contributed by atoms with van der Waals surface area (Å²) in [5.41, 5.74) is 1.26. The Labute approximate surface area is 195 Å². The van der Waals surface area contributed by atoms with E-state index in [0.717, 1.165) is 5.56 Å². The van der Waals surface area contributed by atoms with Gasteiger partial charge in [-0.05, 0) is 54.7 Å². The van der Waals surface area contributed by atoms with Crippen molar-refractivity contribution in [1.82, 2.24) is 9.62 Å². The second-order valence-corrected chi connectivity index (χ2v) is 10.9. The number of carboxylic acids is 1. The maximum atomic E-state index is 13.7. The summed E-state index contributed by atoms with van der Waals surface area (Å²) < 4.78 is 70.3. The molecule has 1 aliphatic carbocycles. The molecule has 2 aromatic carbocycles. The zero-order chi connectivity index (χ0) is 24.9. The Morgan fingerprint density at radius 3 is 2.35 bits per heavy atom. The van der Waals surface area contributed by atoms with Crippen molar-refractivity contribution in [2.75, 3.05) is 26.2 Å². The number of nitrogens with zero attached hydrogens (tertiary/aromatic N) is 1. The molecule has 0 amide bonds. The Kier molecular flexibility index (Phi) is 6.16. The fourth-order valence-corrected chi connectivity index (χ4v) is 7.26. The van der Waals surface area contributed by atoms with E-state index in [0.29, 0.717) is 35.3 Å². The van der Waals surface area contributed by atoms with Crippen LogP contribution in [0.1, 0.15) is 28.9 Å². The van der Waals surface area contributed by atoms with Crippen LogP contribution in [-0.2, 0) is 21.2 Å². The minimum absolute atomic E-state index is 0.0237. The SMILES string of the molecule is Cc1cc(-c2ccc(OC(F)(F)F)cc2)c2c(c1)C(S(=O)(=O)N1CCNCC1)C(C)(C(=O)O)C2. The fraction of sp³-hybridized carbons (Fsp3) is 0.435. The summed E-state index contributed by atoms with van der Waals surface area (Å²) in [5, 5.41) is 11.9. The number of fused-ring (bicyclic) bond motifs is 1. The second kappa shape index (κ2) is 8.54. The number of alkyl halides is 3. The normalized spacial score (nSPS) is 23.5. The first-order valence-corrected chi connectivity index (χ1v) is 12.3. The Morgan fingerprint density at radius 1 is 1.18 bits per heavy atom. The van der Waals surface area contributed by atoms with Crippen LogP contribution < -0.4 is 10.1 Å². The van der Waals surface area contributed by atoms with Crippen LogP contribution in [0.4, 0.5) is 13.2 Å². The number of nitrogens with one attached hydrogen (secondary N) is 1. The lowest BCUT2D eigenvalue weighted by molar-refractivity contribution is -0.274. The number of rotatable bonds is 5. The van der Waals surface area contributed by atoms with Crippen molar-refractivity contribution in [2.45, 2.75) is 31.9 Å². The summed E-state index contributed by atoms with van der Waals surface area (Å²) in [5.74, 6) is -1.60. The van der Waals surface area contributed by atoms with Gasteiger partial charge < -0.3 is 15.2 Å². The lowest BCUT2D eigenvalue weighted by Gasteiger charge is -2.34. The lowest BCUT2D eigenvalue weighted by Crippen LogP contribution is -2.50. The van der Waals surface area contributed by atoms with Gasteiger partial charge in [-0.2, -0.15) is 4.31 Å². The Hall–Kier alpha value is -2.63. The monoisotopic (exact) mass is 498 g/mol. The molecule has 4 rings (SSSR count). The second-order valence-electron chi connectivity index (χ2n) is 8.93. The molecule has 1 aliphatic heterocycles. The molecule has 2 aliphatic rings. The molecule has 34 heavy (non-hydrogen) atoms. The third kappa shape index (κ3) is 4.39. The highest BCUT2D eigenvalue weighted by atomic mass is 32.2. The number of carbonyl (C=O) groups is 1. The number of piperazine rings is 1. The number of carboxylic acid groups (broad SMARTS) is 1. The molecule has 11 heteroatoms. The van der Waals surface area contributed by atoms with Gasteiger partial charge >= 0.3 is 12.3 Å². The van der Waals surface area contributed by atoms with Crippen LogP contribution in [0.2, 0.25) is 0 Å². The minimum atomic E-state index is -4.82. The zero-order valence-electron chi connectivity index (χ0n) is 18.6. The van der Waals surface area contributed by atoms with Crippen molar-refractivity contribution in [3.05, 3.63) is 53.1 Å². The molecule has 1 saturated heterocycles. The predicted octanol–water partition coefficient (Wildman–Crippen LogP) is 3.48. The third-order valence-corrected chi connectivity index (χ3v) is 8.91.